The fourth-order valence-corrected chi connectivity index (χ4v) is 1.81. The number of nitrogens with two attached hydrogens (primary N) is 1. The third-order valence-corrected chi connectivity index (χ3v) is 2.30. The molecule has 0 aromatic carbocycles. The van der Waals surface area contributed by atoms with Gasteiger partial charge in [0.05, 0.1) is 6.61 Å². The molecule has 86 valence electrons. The number of allylic oxidation sites excluding steroid dienone is 1. The van der Waals surface area contributed by atoms with Crippen molar-refractivity contribution in [3.05, 3.63) is 11.8 Å². The smallest absolute Gasteiger partial charge is 0.198 e. The van der Waals surface area contributed by atoms with Crippen molar-refractivity contribution in [3.8, 4) is 0 Å². The maximum Gasteiger partial charge on any atom is 0.198 e. The molecule has 0 aromatic heterocycles. The Hall–Kier alpha value is -0.830. The largest absolute Gasteiger partial charge is 0.490 e. The summed E-state index contributed by atoms with van der Waals surface area (Å²) in [6.45, 7) is 7.02. The van der Waals surface area contributed by atoms with Crippen molar-refractivity contribution in [3.63, 3.8) is 0 Å². The molecule has 1 aliphatic heterocycles. The lowest BCUT2D eigenvalue weighted by molar-refractivity contribution is -0.118. The summed E-state index contributed by atoms with van der Waals surface area (Å²) in [5.74, 6) is 0.559. The van der Waals surface area contributed by atoms with Crippen LogP contribution in [0.5, 0.6) is 0 Å². The first-order valence-electron chi connectivity index (χ1n) is 5.50. The van der Waals surface area contributed by atoms with E-state index in [0.29, 0.717) is 18.8 Å². The Bertz CT molecular complexity index is 263. The molecule has 1 aliphatic rings. The molecular formula is C12H21NO2. The number of hydrogen-bond acceptors (Lipinski definition) is 3. The summed E-state index contributed by atoms with van der Waals surface area (Å²) in [6.07, 6.45) is 3.94. The van der Waals surface area contributed by atoms with Crippen LogP contribution in [-0.4, -0.2) is 18.4 Å². The standard InChI is InChI=1S/C12H21NO2/c1-12(2,3)8-9(13)7-10(14)11-5-4-6-15-11/h5,9H,4,6-8,13H2,1-3H3. The normalized spacial score (nSPS) is 18.3. The van der Waals surface area contributed by atoms with E-state index in [1.165, 1.54) is 0 Å². The number of carbonyl (C=O) groups is 1. The highest BCUT2D eigenvalue weighted by atomic mass is 16.5. The van der Waals surface area contributed by atoms with Crippen molar-refractivity contribution in [2.24, 2.45) is 11.1 Å². The molecule has 0 aromatic rings. The molecule has 0 aliphatic carbocycles. The number of ether oxygens (including phenoxy) is 1. The van der Waals surface area contributed by atoms with Crippen LogP contribution in [-0.2, 0) is 9.53 Å². The number of hydrogen-bond donors (Lipinski definition) is 1. The van der Waals surface area contributed by atoms with Gasteiger partial charge in [-0.05, 0) is 17.9 Å². The quantitative estimate of drug-likeness (QED) is 0.774. The summed E-state index contributed by atoms with van der Waals surface area (Å²) >= 11 is 0. The molecule has 0 saturated carbocycles. The van der Waals surface area contributed by atoms with Gasteiger partial charge in [-0.1, -0.05) is 20.8 Å². The average molecular weight is 211 g/mol. The first-order valence-corrected chi connectivity index (χ1v) is 5.50. The molecule has 0 radical (unpaired) electrons. The number of rotatable bonds is 4. The third-order valence-electron chi connectivity index (χ3n) is 2.30. The fourth-order valence-electron chi connectivity index (χ4n) is 1.81. The highest BCUT2D eigenvalue weighted by Gasteiger charge is 2.21. The molecule has 0 fully saturated rings. The van der Waals surface area contributed by atoms with Crippen molar-refractivity contribution >= 4 is 5.78 Å². The molecule has 0 spiro atoms. The van der Waals surface area contributed by atoms with E-state index in [2.05, 4.69) is 20.8 Å². The van der Waals surface area contributed by atoms with Gasteiger partial charge < -0.3 is 10.5 Å². The molecule has 15 heavy (non-hydrogen) atoms. The maximum atomic E-state index is 11.7. The van der Waals surface area contributed by atoms with E-state index in [0.717, 1.165) is 12.8 Å². The Balaban J connectivity index is 2.37. The van der Waals surface area contributed by atoms with Crippen molar-refractivity contribution in [1.29, 1.82) is 0 Å². The summed E-state index contributed by atoms with van der Waals surface area (Å²) in [5, 5.41) is 0. The zero-order valence-electron chi connectivity index (χ0n) is 9.88. The second kappa shape index (κ2) is 4.79. The first-order chi connectivity index (χ1) is 6.88. The van der Waals surface area contributed by atoms with Crippen LogP contribution in [0.4, 0.5) is 0 Å². The third kappa shape index (κ3) is 4.47. The molecule has 1 atom stereocenters. The van der Waals surface area contributed by atoms with Crippen LogP contribution in [0.25, 0.3) is 0 Å². The zero-order chi connectivity index (χ0) is 11.5. The minimum Gasteiger partial charge on any atom is -0.490 e. The second-order valence-electron chi connectivity index (χ2n) is 5.36. The molecule has 0 saturated heterocycles. The Labute approximate surface area is 91.7 Å². The van der Waals surface area contributed by atoms with Gasteiger partial charge in [-0.25, -0.2) is 0 Å². The maximum absolute atomic E-state index is 11.7. The minimum atomic E-state index is -0.0670. The van der Waals surface area contributed by atoms with Crippen LogP contribution in [0.2, 0.25) is 0 Å². The molecule has 3 nitrogen and oxygen atoms in total. The molecule has 1 unspecified atom stereocenters. The van der Waals surface area contributed by atoms with E-state index in [-0.39, 0.29) is 17.2 Å². The lowest BCUT2D eigenvalue weighted by Gasteiger charge is -2.22. The lowest BCUT2D eigenvalue weighted by Crippen LogP contribution is -2.29. The first kappa shape index (κ1) is 12.2. The van der Waals surface area contributed by atoms with Crippen LogP contribution < -0.4 is 5.73 Å². The molecule has 1 rings (SSSR count). The Morgan fingerprint density at radius 1 is 1.60 bits per heavy atom. The van der Waals surface area contributed by atoms with E-state index in [4.69, 9.17) is 10.5 Å². The molecule has 1 heterocycles. The van der Waals surface area contributed by atoms with Crippen molar-refractivity contribution < 1.29 is 9.53 Å². The molecular weight excluding hydrogens is 190 g/mol. The summed E-state index contributed by atoms with van der Waals surface area (Å²) in [7, 11) is 0. The van der Waals surface area contributed by atoms with Crippen LogP contribution in [0.15, 0.2) is 11.8 Å². The van der Waals surface area contributed by atoms with E-state index in [1.54, 1.807) is 0 Å². The van der Waals surface area contributed by atoms with Gasteiger partial charge >= 0.3 is 0 Å². The average Bonchev–Trinajstić information content (AvgIpc) is 2.50. The Morgan fingerprint density at radius 2 is 2.27 bits per heavy atom. The van der Waals surface area contributed by atoms with Crippen LogP contribution in [0.1, 0.15) is 40.0 Å². The van der Waals surface area contributed by atoms with Crippen molar-refractivity contribution in [1.82, 2.24) is 0 Å². The van der Waals surface area contributed by atoms with Gasteiger partial charge in [0.1, 0.15) is 0 Å². The molecule has 0 amide bonds. The summed E-state index contributed by atoms with van der Waals surface area (Å²) in [5.41, 5.74) is 6.10. The van der Waals surface area contributed by atoms with Crippen molar-refractivity contribution in [2.45, 2.75) is 46.1 Å². The van der Waals surface area contributed by atoms with Crippen LogP contribution >= 0.6 is 0 Å². The predicted molar refractivity (Wildman–Crippen MR) is 60.3 cm³/mol. The summed E-state index contributed by atoms with van der Waals surface area (Å²) < 4.78 is 5.20. The molecule has 2 N–H and O–H groups in total. The van der Waals surface area contributed by atoms with Gasteiger partial charge in [-0.3, -0.25) is 4.79 Å². The van der Waals surface area contributed by atoms with Crippen molar-refractivity contribution in [2.75, 3.05) is 6.61 Å². The number of carbonyl (C=O) groups excluding carboxylic acids is 1. The highest BCUT2D eigenvalue weighted by Crippen LogP contribution is 2.22. The van der Waals surface area contributed by atoms with Gasteiger partial charge in [0, 0.05) is 18.9 Å². The Kier molecular flexibility index (Phi) is 3.91. The predicted octanol–water partition coefficient (Wildman–Crippen LogP) is 2.01. The second-order valence-corrected chi connectivity index (χ2v) is 5.36. The number of ketones is 1. The van der Waals surface area contributed by atoms with Gasteiger partial charge in [-0.15, -0.1) is 0 Å². The zero-order valence-corrected chi connectivity index (χ0v) is 9.88. The van der Waals surface area contributed by atoms with E-state index >= 15 is 0 Å². The van der Waals surface area contributed by atoms with E-state index < -0.39 is 0 Å². The Morgan fingerprint density at radius 3 is 2.73 bits per heavy atom. The van der Waals surface area contributed by atoms with E-state index in [9.17, 15) is 4.79 Å². The summed E-state index contributed by atoms with van der Waals surface area (Å²) in [4.78, 5) is 11.7. The molecule has 0 bridgehead atoms. The highest BCUT2D eigenvalue weighted by molar-refractivity contribution is 5.94. The topological polar surface area (TPSA) is 52.3 Å². The van der Waals surface area contributed by atoms with Gasteiger partial charge in [-0.2, -0.15) is 0 Å². The van der Waals surface area contributed by atoms with Gasteiger partial charge in [0.15, 0.2) is 11.5 Å². The summed E-state index contributed by atoms with van der Waals surface area (Å²) in [6, 6.07) is -0.0670. The van der Waals surface area contributed by atoms with Crippen LogP contribution in [0.3, 0.4) is 0 Å². The lowest BCUT2D eigenvalue weighted by atomic mass is 9.86. The molecule has 3 heteroatoms. The monoisotopic (exact) mass is 211 g/mol. The minimum absolute atomic E-state index is 0.0456. The van der Waals surface area contributed by atoms with Gasteiger partial charge in [0.2, 0.25) is 0 Å². The number of Topliss-reactive ketones (excluding diaryl/α,β-unsaturated/α-hetero) is 1. The van der Waals surface area contributed by atoms with Crippen LogP contribution in [0, 0.1) is 5.41 Å². The van der Waals surface area contributed by atoms with E-state index in [1.807, 2.05) is 6.08 Å². The SMILES string of the molecule is CC(C)(C)CC(N)CC(=O)C1=CCCO1. The fraction of sp³-hybridized carbons (Fsp3) is 0.750. The van der Waals surface area contributed by atoms with Gasteiger partial charge in [0.25, 0.3) is 0 Å².